The van der Waals surface area contributed by atoms with Crippen LogP contribution in [-0.4, -0.2) is 84.0 Å². The monoisotopic (exact) mass is 544 g/mol. The number of piperazine rings is 1. The Labute approximate surface area is 234 Å². The number of anilines is 3. The molecule has 2 aromatic rings. The van der Waals surface area contributed by atoms with E-state index in [1.807, 2.05) is 34.1 Å². The summed E-state index contributed by atoms with van der Waals surface area (Å²) in [6, 6.07) is 14.2. The van der Waals surface area contributed by atoms with Crippen LogP contribution in [0.2, 0.25) is 0 Å². The van der Waals surface area contributed by atoms with Crippen molar-refractivity contribution in [3.8, 4) is 0 Å². The fourth-order valence-corrected chi connectivity index (χ4v) is 5.23. The highest BCUT2D eigenvalue weighted by molar-refractivity contribution is 6.05. The summed E-state index contributed by atoms with van der Waals surface area (Å²) in [4.78, 5) is 43.8. The third-order valence-corrected chi connectivity index (χ3v) is 7.66. The third-order valence-electron chi connectivity index (χ3n) is 7.66. The van der Waals surface area contributed by atoms with Crippen LogP contribution >= 0.6 is 0 Å². The van der Waals surface area contributed by atoms with Gasteiger partial charge in [-0.05, 0) is 69.4 Å². The Morgan fingerprint density at radius 2 is 1.68 bits per heavy atom. The number of urea groups is 1. The van der Waals surface area contributed by atoms with E-state index in [0.717, 1.165) is 43.1 Å². The number of carbonyl (C=O) groups is 3. The second-order valence-electron chi connectivity index (χ2n) is 10.8. The van der Waals surface area contributed by atoms with Gasteiger partial charge in [0.05, 0.1) is 11.2 Å². The number of amides is 4. The van der Waals surface area contributed by atoms with E-state index in [1.165, 1.54) is 6.08 Å². The van der Waals surface area contributed by atoms with Gasteiger partial charge in [0.15, 0.2) is 0 Å². The summed E-state index contributed by atoms with van der Waals surface area (Å²) in [5, 5.41) is 9.07. The minimum absolute atomic E-state index is 0.0638. The summed E-state index contributed by atoms with van der Waals surface area (Å²) in [5.41, 5.74) is 10.7. The molecule has 11 nitrogen and oxygen atoms in total. The zero-order valence-corrected chi connectivity index (χ0v) is 23.1. The maximum Gasteiger partial charge on any atom is 0.321 e. The predicted molar refractivity (Wildman–Crippen MR) is 156 cm³/mol. The Morgan fingerprint density at radius 1 is 0.975 bits per heavy atom. The van der Waals surface area contributed by atoms with Gasteiger partial charge in [-0.3, -0.25) is 9.59 Å². The van der Waals surface area contributed by atoms with Gasteiger partial charge in [0.25, 0.3) is 5.91 Å². The van der Waals surface area contributed by atoms with Gasteiger partial charge < -0.3 is 36.1 Å². The third kappa shape index (κ3) is 5.51. The number of rotatable bonds is 6. The van der Waals surface area contributed by atoms with E-state index in [2.05, 4.69) is 59.2 Å². The Bertz CT molecular complexity index is 1350. The van der Waals surface area contributed by atoms with Crippen molar-refractivity contribution in [3.63, 3.8) is 0 Å². The van der Waals surface area contributed by atoms with Crippen molar-refractivity contribution in [1.29, 1.82) is 0 Å². The van der Waals surface area contributed by atoms with Crippen LogP contribution in [0.15, 0.2) is 72.5 Å². The molecule has 0 bridgehead atoms. The highest BCUT2D eigenvalue weighted by Gasteiger charge is 2.48. The highest BCUT2D eigenvalue weighted by Crippen LogP contribution is 2.37. The van der Waals surface area contributed by atoms with Crippen LogP contribution in [0.25, 0.3) is 0 Å². The number of nitrogens with zero attached hydrogens (tertiary/aromatic N) is 3. The number of hydrogen-bond donors (Lipinski definition) is 5. The Hall–Kier alpha value is -4.35. The lowest BCUT2D eigenvalue weighted by atomic mass is 10.0. The maximum atomic E-state index is 13.4. The van der Waals surface area contributed by atoms with Gasteiger partial charge >= 0.3 is 6.03 Å². The van der Waals surface area contributed by atoms with Crippen molar-refractivity contribution >= 4 is 34.9 Å². The SMILES string of the molecule is C=CC(=O)Nc1ccc(C(=O)Nc2cccc(NC3NNC4=C3CN(C(=O)N3CCN(C)CC3)C4(C)C)c2)cc1. The second kappa shape index (κ2) is 11.0. The molecule has 0 aromatic heterocycles. The van der Waals surface area contributed by atoms with E-state index >= 15 is 0 Å². The van der Waals surface area contributed by atoms with Crippen LogP contribution in [-0.2, 0) is 4.79 Å². The van der Waals surface area contributed by atoms with Crippen molar-refractivity contribution in [1.82, 2.24) is 25.6 Å². The van der Waals surface area contributed by atoms with Crippen LogP contribution in [0.3, 0.4) is 0 Å². The zero-order valence-electron chi connectivity index (χ0n) is 23.1. The van der Waals surface area contributed by atoms with E-state index in [-0.39, 0.29) is 24.0 Å². The minimum atomic E-state index is -0.473. The predicted octanol–water partition coefficient (Wildman–Crippen LogP) is 2.62. The lowest BCUT2D eigenvalue weighted by molar-refractivity contribution is -0.111. The molecule has 1 atom stereocenters. The molecule has 0 saturated carbocycles. The number of benzene rings is 2. The average Bonchev–Trinajstić information content (AvgIpc) is 3.46. The number of hydrazine groups is 1. The first-order valence-corrected chi connectivity index (χ1v) is 13.4. The molecular formula is C29H36N8O3. The van der Waals surface area contributed by atoms with E-state index in [4.69, 9.17) is 0 Å². The second-order valence-corrected chi connectivity index (χ2v) is 10.8. The van der Waals surface area contributed by atoms with E-state index in [9.17, 15) is 14.4 Å². The average molecular weight is 545 g/mol. The van der Waals surface area contributed by atoms with Gasteiger partial charge in [0.1, 0.15) is 6.17 Å². The fraction of sp³-hybridized carbons (Fsp3) is 0.345. The molecule has 11 heteroatoms. The molecule has 40 heavy (non-hydrogen) atoms. The quantitative estimate of drug-likeness (QED) is 0.355. The molecule has 0 spiro atoms. The first kappa shape index (κ1) is 27.2. The van der Waals surface area contributed by atoms with Gasteiger partial charge in [-0.2, -0.15) is 0 Å². The maximum absolute atomic E-state index is 13.4. The standard InChI is InChI=1S/C29H36N8O3/c1-5-24(38)30-20-11-9-19(10-12-20)27(39)32-22-8-6-7-21(17-22)31-26-23-18-37(29(2,3)25(23)33-34-26)28(40)36-15-13-35(4)14-16-36/h5-12,17,26,31,33-34H,1,13-16,18H2,2-4H3,(H,30,38)(H,32,39). The van der Waals surface area contributed by atoms with Crippen LogP contribution in [0.1, 0.15) is 24.2 Å². The van der Waals surface area contributed by atoms with Crippen molar-refractivity contribution in [2.45, 2.75) is 25.6 Å². The molecule has 3 aliphatic rings. The summed E-state index contributed by atoms with van der Waals surface area (Å²) < 4.78 is 0. The summed E-state index contributed by atoms with van der Waals surface area (Å²) in [5.74, 6) is -0.577. The van der Waals surface area contributed by atoms with Gasteiger partial charge in [-0.25, -0.2) is 10.2 Å². The zero-order chi connectivity index (χ0) is 28.4. The fourth-order valence-electron chi connectivity index (χ4n) is 5.23. The molecule has 5 N–H and O–H groups in total. The number of hydrogen-bond acceptors (Lipinski definition) is 7. The highest BCUT2D eigenvalue weighted by atomic mass is 16.2. The molecule has 0 radical (unpaired) electrons. The van der Waals surface area contributed by atoms with Crippen LogP contribution in [0.5, 0.6) is 0 Å². The topological polar surface area (TPSA) is 121 Å². The van der Waals surface area contributed by atoms with Gasteiger partial charge in [-0.15, -0.1) is 0 Å². The molecule has 1 saturated heterocycles. The van der Waals surface area contributed by atoms with Gasteiger partial charge in [-0.1, -0.05) is 12.6 Å². The molecule has 4 amide bonds. The van der Waals surface area contributed by atoms with E-state index in [1.54, 1.807) is 24.3 Å². The summed E-state index contributed by atoms with van der Waals surface area (Å²) in [6.07, 6.45) is 0.970. The molecule has 0 aliphatic carbocycles. The Morgan fingerprint density at radius 3 is 2.38 bits per heavy atom. The first-order chi connectivity index (χ1) is 19.2. The van der Waals surface area contributed by atoms with E-state index < -0.39 is 5.54 Å². The Kier molecular flexibility index (Phi) is 7.51. The number of nitrogens with one attached hydrogen (secondary N) is 5. The molecule has 1 unspecified atom stereocenters. The van der Waals surface area contributed by atoms with Crippen molar-refractivity contribution in [2.24, 2.45) is 0 Å². The van der Waals surface area contributed by atoms with Gasteiger partial charge in [0, 0.05) is 60.9 Å². The number of carbonyl (C=O) groups excluding carboxylic acids is 3. The van der Waals surface area contributed by atoms with E-state index in [0.29, 0.717) is 23.5 Å². The minimum Gasteiger partial charge on any atom is -0.365 e. The molecule has 5 rings (SSSR count). The molecule has 3 aliphatic heterocycles. The smallest absolute Gasteiger partial charge is 0.321 e. The van der Waals surface area contributed by atoms with Crippen molar-refractivity contribution in [2.75, 3.05) is 55.7 Å². The number of likely N-dealkylation sites (N-methyl/N-ethyl adjacent to an activating group) is 1. The van der Waals surface area contributed by atoms with Crippen LogP contribution in [0.4, 0.5) is 21.9 Å². The normalized spacial score (nSPS) is 20.0. The first-order valence-electron chi connectivity index (χ1n) is 13.4. The molecule has 2 aromatic carbocycles. The molecule has 3 heterocycles. The largest absolute Gasteiger partial charge is 0.365 e. The molecule has 210 valence electrons. The summed E-state index contributed by atoms with van der Waals surface area (Å²) in [7, 11) is 2.08. The van der Waals surface area contributed by atoms with Crippen molar-refractivity contribution in [3.05, 3.63) is 78.0 Å². The lowest BCUT2D eigenvalue weighted by Gasteiger charge is -2.41. The van der Waals surface area contributed by atoms with Crippen LogP contribution in [0, 0.1) is 0 Å². The van der Waals surface area contributed by atoms with Crippen molar-refractivity contribution < 1.29 is 14.4 Å². The molecular weight excluding hydrogens is 508 g/mol. The van der Waals surface area contributed by atoms with Crippen LogP contribution < -0.4 is 26.8 Å². The lowest BCUT2D eigenvalue weighted by Crippen LogP contribution is -2.58. The molecule has 1 fully saturated rings. The van der Waals surface area contributed by atoms with Gasteiger partial charge in [0.2, 0.25) is 5.91 Å². The summed E-state index contributed by atoms with van der Waals surface area (Å²) in [6.45, 7) is 11.3. The summed E-state index contributed by atoms with van der Waals surface area (Å²) >= 11 is 0. The Balaban J connectivity index is 1.22.